The molecule has 1 amide bonds. The first-order valence-electron chi connectivity index (χ1n) is 13.4. The van der Waals surface area contributed by atoms with E-state index in [1.807, 2.05) is 28.8 Å². The van der Waals surface area contributed by atoms with Gasteiger partial charge >= 0.3 is 6.18 Å². The lowest BCUT2D eigenvalue weighted by Gasteiger charge is -2.42. The quantitative estimate of drug-likeness (QED) is 0.191. The van der Waals surface area contributed by atoms with Crippen LogP contribution in [0.4, 0.5) is 34.6 Å². The van der Waals surface area contributed by atoms with E-state index in [-0.39, 0.29) is 32.4 Å². The third kappa shape index (κ3) is 5.49. The number of nitrogens with zero attached hydrogens (tertiary/aromatic N) is 6. The van der Waals surface area contributed by atoms with Gasteiger partial charge in [-0.1, -0.05) is 29.8 Å². The van der Waals surface area contributed by atoms with Crippen LogP contribution < -0.4 is 21.1 Å². The highest BCUT2D eigenvalue weighted by Gasteiger charge is 2.40. The Kier molecular flexibility index (Phi) is 8.27. The van der Waals surface area contributed by atoms with Crippen LogP contribution >= 0.6 is 23.2 Å². The van der Waals surface area contributed by atoms with Crippen LogP contribution in [0.2, 0.25) is 10.0 Å². The highest BCUT2D eigenvalue weighted by atomic mass is 35.5. The molecule has 1 aromatic carbocycles. The average Bonchev–Trinajstić information content (AvgIpc) is 3.11. The second-order valence-corrected chi connectivity index (χ2v) is 11.6. The van der Waals surface area contributed by atoms with E-state index in [2.05, 4.69) is 11.6 Å². The fourth-order valence-electron chi connectivity index (χ4n) is 5.71. The van der Waals surface area contributed by atoms with Gasteiger partial charge in [0.05, 0.1) is 33.3 Å². The number of fused-ring (bicyclic) bond motifs is 5. The van der Waals surface area contributed by atoms with E-state index in [0.717, 1.165) is 12.1 Å². The molecule has 230 valence electrons. The monoisotopic (exact) mass is 641 g/mol. The van der Waals surface area contributed by atoms with Gasteiger partial charge in [-0.15, -0.1) is 0 Å². The number of pyridine rings is 2. The zero-order valence-corrected chi connectivity index (χ0v) is 24.9. The maximum absolute atomic E-state index is 15.3. The molecule has 0 radical (unpaired) electrons. The van der Waals surface area contributed by atoms with Gasteiger partial charge in [-0.25, -0.2) is 9.37 Å². The number of aromatic nitrogens is 2. The minimum atomic E-state index is -5.12. The van der Waals surface area contributed by atoms with Crippen molar-refractivity contribution in [2.45, 2.75) is 18.6 Å². The molecule has 43 heavy (non-hydrogen) atoms. The molecule has 2 aliphatic rings. The Labute approximate surface area is 254 Å². The molecule has 2 N–H and O–H groups in total. The first-order chi connectivity index (χ1) is 20.2. The van der Waals surface area contributed by atoms with Crippen molar-refractivity contribution in [1.29, 1.82) is 0 Å². The fraction of sp³-hybridized carbons (Fsp3) is 0.393. The fourth-order valence-corrected chi connectivity index (χ4v) is 6.17. The number of alkyl halides is 3. The van der Waals surface area contributed by atoms with Crippen molar-refractivity contribution < 1.29 is 22.4 Å². The summed E-state index contributed by atoms with van der Waals surface area (Å²) in [6.07, 6.45) is -1.83. The van der Waals surface area contributed by atoms with Crippen molar-refractivity contribution >= 4 is 57.1 Å². The van der Waals surface area contributed by atoms with Crippen molar-refractivity contribution in [2.75, 3.05) is 68.9 Å². The Balaban J connectivity index is 1.82. The van der Waals surface area contributed by atoms with Crippen LogP contribution in [0.15, 0.2) is 35.8 Å². The standard InChI is InChI=1S/C28H29Cl2F4N7O2/c1-4-21(42)39-9-10-40-15(14-39)5-6-38(8-7-37(2)3)19-13-36-24-16(25(19)40)11-20(28(32,33)34)41(27(24)43)26-22(31)17(29)12-18(30)23(26)35/h4,11-13,15H,1,5-10,14,35H2,2-3H3. The summed E-state index contributed by atoms with van der Waals surface area (Å²) in [5.41, 5.74) is 2.35. The van der Waals surface area contributed by atoms with Crippen LogP contribution in [0.25, 0.3) is 16.6 Å². The number of likely N-dealkylation sites (N-methyl/N-ethyl adjacent to an activating group) is 1. The summed E-state index contributed by atoms with van der Waals surface area (Å²) in [6.45, 7) is 6.21. The molecule has 1 saturated heterocycles. The molecule has 0 aliphatic carbocycles. The molecule has 15 heteroatoms. The molecule has 0 spiro atoms. The Morgan fingerprint density at radius 2 is 1.91 bits per heavy atom. The lowest BCUT2D eigenvalue weighted by Crippen LogP contribution is -2.54. The summed E-state index contributed by atoms with van der Waals surface area (Å²) in [5, 5.41) is -0.971. The molecule has 1 atom stereocenters. The lowest BCUT2D eigenvalue weighted by atomic mass is 10.1. The number of piperazine rings is 1. The average molecular weight is 642 g/mol. The predicted octanol–water partition coefficient (Wildman–Crippen LogP) is 4.41. The first-order valence-corrected chi connectivity index (χ1v) is 14.2. The van der Waals surface area contributed by atoms with Crippen LogP contribution in [0.1, 0.15) is 12.1 Å². The van der Waals surface area contributed by atoms with Crippen LogP contribution in [-0.4, -0.2) is 84.7 Å². The first kappa shape index (κ1) is 30.9. The van der Waals surface area contributed by atoms with Crippen LogP contribution in [-0.2, 0) is 11.0 Å². The molecule has 5 rings (SSSR count). The number of carbonyl (C=O) groups is 1. The second kappa shape index (κ2) is 11.5. The number of halogens is 6. The second-order valence-electron chi connectivity index (χ2n) is 10.8. The minimum absolute atomic E-state index is 0.0524. The van der Waals surface area contributed by atoms with Crippen molar-refractivity contribution in [3.05, 3.63) is 62.9 Å². The van der Waals surface area contributed by atoms with Gasteiger partial charge < -0.3 is 25.3 Å². The molecule has 3 aromatic rings. The molecule has 1 unspecified atom stereocenters. The molecule has 0 saturated carbocycles. The Bertz CT molecular complexity index is 1650. The lowest BCUT2D eigenvalue weighted by molar-refractivity contribution is -0.142. The van der Waals surface area contributed by atoms with Gasteiger partial charge in [0.2, 0.25) is 5.91 Å². The van der Waals surface area contributed by atoms with E-state index < -0.39 is 39.6 Å². The number of amides is 1. The summed E-state index contributed by atoms with van der Waals surface area (Å²) in [5.74, 6) is -1.57. The SMILES string of the molecule is C=CC(=O)N1CCN2c3c(cnc4c(=O)n(-c5c(N)c(Cl)cc(Cl)c5F)c(C(F)(F)F)cc34)N(CCN(C)C)CCC2C1. The summed E-state index contributed by atoms with van der Waals surface area (Å²) in [6, 6.07) is 1.49. The van der Waals surface area contributed by atoms with Crippen molar-refractivity contribution in [3.8, 4) is 5.69 Å². The third-order valence-corrected chi connectivity index (χ3v) is 8.43. The Morgan fingerprint density at radius 1 is 1.19 bits per heavy atom. The van der Waals surface area contributed by atoms with Gasteiger partial charge in [0.1, 0.15) is 16.9 Å². The number of nitrogens with two attached hydrogens (primary N) is 1. The maximum Gasteiger partial charge on any atom is 0.431 e. The van der Waals surface area contributed by atoms with Crippen LogP contribution in [0, 0.1) is 5.82 Å². The molecule has 2 aromatic heterocycles. The molecule has 1 fully saturated rings. The number of nitrogen functional groups attached to an aromatic ring is 1. The largest absolute Gasteiger partial charge is 0.431 e. The van der Waals surface area contributed by atoms with E-state index in [1.54, 1.807) is 4.90 Å². The maximum atomic E-state index is 15.3. The number of hydrogen-bond donors (Lipinski definition) is 1. The normalized spacial score (nSPS) is 17.2. The molecule has 0 bridgehead atoms. The van der Waals surface area contributed by atoms with Gasteiger partial charge in [-0.2, -0.15) is 13.2 Å². The van der Waals surface area contributed by atoms with E-state index in [9.17, 15) is 22.8 Å². The zero-order chi connectivity index (χ0) is 31.4. The molecule has 4 heterocycles. The molecular formula is C28H29Cl2F4N7O2. The summed E-state index contributed by atoms with van der Waals surface area (Å²) in [7, 11) is 3.81. The summed E-state index contributed by atoms with van der Waals surface area (Å²) < 4.78 is 59.6. The van der Waals surface area contributed by atoms with Crippen LogP contribution in [0.3, 0.4) is 0 Å². The Hall–Kier alpha value is -3.55. The number of rotatable bonds is 5. The number of carbonyl (C=O) groups excluding carboxylic acids is 1. The zero-order valence-electron chi connectivity index (χ0n) is 23.4. The molecule has 2 aliphatic heterocycles. The van der Waals surface area contributed by atoms with Crippen LogP contribution in [0.5, 0.6) is 0 Å². The summed E-state index contributed by atoms with van der Waals surface area (Å²) >= 11 is 11.9. The molecule has 9 nitrogen and oxygen atoms in total. The minimum Gasteiger partial charge on any atom is -0.396 e. The third-order valence-electron chi connectivity index (χ3n) is 7.84. The van der Waals surface area contributed by atoms with E-state index in [1.165, 1.54) is 12.3 Å². The topological polar surface area (TPSA) is 90.9 Å². The highest BCUT2D eigenvalue weighted by molar-refractivity contribution is 6.37. The predicted molar refractivity (Wildman–Crippen MR) is 160 cm³/mol. The van der Waals surface area contributed by atoms with Gasteiger partial charge in [-0.3, -0.25) is 14.2 Å². The van der Waals surface area contributed by atoms with Crippen molar-refractivity contribution in [1.82, 2.24) is 19.4 Å². The van der Waals surface area contributed by atoms with Gasteiger partial charge in [-0.05, 0) is 38.7 Å². The van der Waals surface area contributed by atoms with Gasteiger partial charge in [0, 0.05) is 50.7 Å². The van der Waals surface area contributed by atoms with Gasteiger partial charge in [0.25, 0.3) is 5.56 Å². The number of benzene rings is 1. The van der Waals surface area contributed by atoms with E-state index >= 15 is 4.39 Å². The van der Waals surface area contributed by atoms with Gasteiger partial charge in [0.15, 0.2) is 5.82 Å². The highest BCUT2D eigenvalue weighted by Crippen LogP contribution is 2.43. The van der Waals surface area contributed by atoms with E-state index in [4.69, 9.17) is 28.9 Å². The number of hydrogen-bond acceptors (Lipinski definition) is 7. The van der Waals surface area contributed by atoms with Crippen molar-refractivity contribution in [2.24, 2.45) is 0 Å². The van der Waals surface area contributed by atoms with E-state index in [0.29, 0.717) is 57.1 Å². The molecular weight excluding hydrogens is 613 g/mol. The summed E-state index contributed by atoms with van der Waals surface area (Å²) in [4.78, 5) is 38.3. The van der Waals surface area contributed by atoms with Crippen molar-refractivity contribution in [3.63, 3.8) is 0 Å². The number of anilines is 3. The smallest absolute Gasteiger partial charge is 0.396 e. The Morgan fingerprint density at radius 3 is 2.56 bits per heavy atom.